The predicted octanol–water partition coefficient (Wildman–Crippen LogP) is 3.89. The standard InChI is InChI=1S/C15H13ClN2/c1-11-5-4-8-15-17-13(10-18(11)15)9-12-6-2-3-7-14(12)16/h2-8,10H,9H2,1H3. The summed E-state index contributed by atoms with van der Waals surface area (Å²) in [4.78, 5) is 4.61. The molecule has 0 N–H and O–H groups in total. The van der Waals surface area contributed by atoms with E-state index in [-0.39, 0.29) is 0 Å². The van der Waals surface area contributed by atoms with Crippen LogP contribution in [0.2, 0.25) is 5.02 Å². The summed E-state index contributed by atoms with van der Waals surface area (Å²) in [6, 6.07) is 14.0. The Morgan fingerprint density at radius 1 is 1.11 bits per heavy atom. The van der Waals surface area contributed by atoms with Crippen LogP contribution >= 0.6 is 11.6 Å². The summed E-state index contributed by atoms with van der Waals surface area (Å²) in [7, 11) is 0. The van der Waals surface area contributed by atoms with Crippen LogP contribution in [0.4, 0.5) is 0 Å². The maximum Gasteiger partial charge on any atom is 0.137 e. The third kappa shape index (κ3) is 2.00. The van der Waals surface area contributed by atoms with Crippen molar-refractivity contribution in [2.45, 2.75) is 13.3 Å². The number of pyridine rings is 1. The molecule has 0 aliphatic carbocycles. The average Bonchev–Trinajstić information content (AvgIpc) is 2.76. The molecule has 3 heteroatoms. The van der Waals surface area contributed by atoms with Gasteiger partial charge in [0.2, 0.25) is 0 Å². The minimum absolute atomic E-state index is 0.765. The van der Waals surface area contributed by atoms with E-state index in [0.29, 0.717) is 0 Å². The van der Waals surface area contributed by atoms with Crippen LogP contribution in [-0.4, -0.2) is 9.38 Å². The molecule has 2 heterocycles. The van der Waals surface area contributed by atoms with Crippen molar-refractivity contribution >= 4 is 17.2 Å². The molecule has 3 aromatic rings. The van der Waals surface area contributed by atoms with E-state index < -0.39 is 0 Å². The minimum Gasteiger partial charge on any atom is -0.304 e. The van der Waals surface area contributed by atoms with Gasteiger partial charge in [-0.15, -0.1) is 0 Å². The number of nitrogens with zero attached hydrogens (tertiary/aromatic N) is 2. The van der Waals surface area contributed by atoms with E-state index in [1.54, 1.807) is 0 Å². The van der Waals surface area contributed by atoms with Crippen molar-refractivity contribution in [3.63, 3.8) is 0 Å². The molecule has 0 saturated carbocycles. The van der Waals surface area contributed by atoms with Crippen LogP contribution in [0, 0.1) is 6.92 Å². The SMILES string of the molecule is Cc1cccc2nc(Cc3ccccc3Cl)cn12. The van der Waals surface area contributed by atoms with Crippen LogP contribution < -0.4 is 0 Å². The third-order valence-electron chi connectivity index (χ3n) is 3.08. The zero-order valence-corrected chi connectivity index (χ0v) is 10.9. The highest BCUT2D eigenvalue weighted by Gasteiger charge is 2.06. The summed E-state index contributed by atoms with van der Waals surface area (Å²) in [5.41, 5.74) is 4.32. The number of rotatable bonds is 2. The van der Waals surface area contributed by atoms with Gasteiger partial charge in [-0.3, -0.25) is 0 Å². The summed E-state index contributed by atoms with van der Waals surface area (Å²) in [6.45, 7) is 2.08. The Kier molecular flexibility index (Phi) is 2.80. The molecule has 2 nitrogen and oxygen atoms in total. The second-order valence-corrected chi connectivity index (χ2v) is 4.80. The number of aryl methyl sites for hydroxylation is 1. The van der Waals surface area contributed by atoms with Crippen molar-refractivity contribution in [1.29, 1.82) is 0 Å². The average molecular weight is 257 g/mol. The smallest absolute Gasteiger partial charge is 0.137 e. The van der Waals surface area contributed by atoms with Gasteiger partial charge >= 0.3 is 0 Å². The Balaban J connectivity index is 2.01. The number of fused-ring (bicyclic) bond motifs is 1. The van der Waals surface area contributed by atoms with Gasteiger partial charge in [-0.1, -0.05) is 35.9 Å². The van der Waals surface area contributed by atoms with Crippen molar-refractivity contribution < 1.29 is 0 Å². The second-order valence-electron chi connectivity index (χ2n) is 4.40. The summed E-state index contributed by atoms with van der Waals surface area (Å²) in [6.07, 6.45) is 2.84. The van der Waals surface area contributed by atoms with Crippen molar-refractivity contribution in [1.82, 2.24) is 9.38 Å². The fourth-order valence-corrected chi connectivity index (χ4v) is 2.32. The van der Waals surface area contributed by atoms with E-state index in [9.17, 15) is 0 Å². The lowest BCUT2D eigenvalue weighted by Crippen LogP contribution is -1.89. The Bertz CT molecular complexity index is 701. The fourth-order valence-electron chi connectivity index (χ4n) is 2.12. The highest BCUT2D eigenvalue weighted by molar-refractivity contribution is 6.31. The Morgan fingerprint density at radius 2 is 1.94 bits per heavy atom. The number of hydrogen-bond acceptors (Lipinski definition) is 1. The third-order valence-corrected chi connectivity index (χ3v) is 3.44. The molecular formula is C15H13ClN2. The summed E-state index contributed by atoms with van der Waals surface area (Å²) in [5, 5.41) is 0.797. The van der Waals surface area contributed by atoms with Gasteiger partial charge in [-0.25, -0.2) is 4.98 Å². The highest BCUT2D eigenvalue weighted by atomic mass is 35.5. The molecule has 0 aliphatic rings. The Hall–Kier alpha value is -1.80. The van der Waals surface area contributed by atoms with Crippen LogP contribution in [0.5, 0.6) is 0 Å². The molecule has 0 bridgehead atoms. The first kappa shape index (κ1) is 11.3. The van der Waals surface area contributed by atoms with E-state index in [0.717, 1.165) is 28.3 Å². The number of aromatic nitrogens is 2. The van der Waals surface area contributed by atoms with Gasteiger partial charge < -0.3 is 4.40 Å². The number of imidazole rings is 1. The quantitative estimate of drug-likeness (QED) is 0.680. The molecule has 1 aromatic carbocycles. The largest absolute Gasteiger partial charge is 0.304 e. The van der Waals surface area contributed by atoms with Crippen LogP contribution in [0.1, 0.15) is 17.0 Å². The van der Waals surface area contributed by atoms with E-state index >= 15 is 0 Å². The molecule has 0 aliphatic heterocycles. The summed E-state index contributed by atoms with van der Waals surface area (Å²) in [5.74, 6) is 0. The maximum absolute atomic E-state index is 6.17. The Labute approximate surface area is 111 Å². The predicted molar refractivity (Wildman–Crippen MR) is 74.2 cm³/mol. The number of halogens is 1. The molecule has 3 rings (SSSR count). The maximum atomic E-state index is 6.17. The van der Waals surface area contributed by atoms with Crippen molar-refractivity contribution in [3.05, 3.63) is 70.6 Å². The molecule has 0 radical (unpaired) electrons. The van der Waals surface area contributed by atoms with Gasteiger partial charge in [-0.05, 0) is 30.7 Å². The molecular weight excluding hydrogens is 244 g/mol. The molecule has 0 amide bonds. The molecule has 0 fully saturated rings. The van der Waals surface area contributed by atoms with Gasteiger partial charge in [-0.2, -0.15) is 0 Å². The molecule has 0 atom stereocenters. The lowest BCUT2D eigenvalue weighted by atomic mass is 10.1. The van der Waals surface area contributed by atoms with Gasteiger partial charge in [0.05, 0.1) is 5.69 Å². The van der Waals surface area contributed by atoms with Crippen molar-refractivity contribution in [2.75, 3.05) is 0 Å². The molecule has 2 aromatic heterocycles. The molecule has 0 saturated heterocycles. The topological polar surface area (TPSA) is 17.3 Å². The lowest BCUT2D eigenvalue weighted by Gasteiger charge is -2.00. The van der Waals surface area contributed by atoms with Crippen LogP contribution in [0.15, 0.2) is 48.7 Å². The second kappa shape index (κ2) is 4.46. The first-order valence-corrected chi connectivity index (χ1v) is 6.29. The lowest BCUT2D eigenvalue weighted by molar-refractivity contribution is 1.08. The number of hydrogen-bond donors (Lipinski definition) is 0. The molecule has 0 spiro atoms. The van der Waals surface area contributed by atoms with Gasteiger partial charge in [0.15, 0.2) is 0 Å². The van der Waals surface area contributed by atoms with Crippen LogP contribution in [-0.2, 0) is 6.42 Å². The van der Waals surface area contributed by atoms with Crippen molar-refractivity contribution in [2.24, 2.45) is 0 Å². The van der Waals surface area contributed by atoms with E-state index in [1.807, 2.05) is 36.4 Å². The minimum atomic E-state index is 0.765. The summed E-state index contributed by atoms with van der Waals surface area (Å²) < 4.78 is 2.10. The molecule has 90 valence electrons. The molecule has 0 unspecified atom stereocenters. The monoisotopic (exact) mass is 256 g/mol. The van der Waals surface area contributed by atoms with E-state index in [2.05, 4.69) is 28.6 Å². The fraction of sp³-hybridized carbons (Fsp3) is 0.133. The summed E-state index contributed by atoms with van der Waals surface area (Å²) >= 11 is 6.17. The van der Waals surface area contributed by atoms with E-state index in [4.69, 9.17) is 11.6 Å². The van der Waals surface area contributed by atoms with Crippen molar-refractivity contribution in [3.8, 4) is 0 Å². The Morgan fingerprint density at radius 3 is 2.72 bits per heavy atom. The number of benzene rings is 1. The van der Waals surface area contributed by atoms with E-state index in [1.165, 1.54) is 5.69 Å². The van der Waals surface area contributed by atoms with Gasteiger partial charge in [0.25, 0.3) is 0 Å². The highest BCUT2D eigenvalue weighted by Crippen LogP contribution is 2.19. The zero-order chi connectivity index (χ0) is 12.5. The zero-order valence-electron chi connectivity index (χ0n) is 10.1. The molecule has 18 heavy (non-hydrogen) atoms. The van der Waals surface area contributed by atoms with Gasteiger partial charge in [0, 0.05) is 23.3 Å². The van der Waals surface area contributed by atoms with Crippen LogP contribution in [0.25, 0.3) is 5.65 Å². The normalized spacial score (nSPS) is 11.0. The first-order chi connectivity index (χ1) is 8.74. The van der Waals surface area contributed by atoms with Gasteiger partial charge in [0.1, 0.15) is 5.65 Å². The van der Waals surface area contributed by atoms with Crippen LogP contribution in [0.3, 0.4) is 0 Å². The first-order valence-electron chi connectivity index (χ1n) is 5.91.